The molecular formula is C19H24N6O2S. The van der Waals surface area contributed by atoms with Gasteiger partial charge in [0.15, 0.2) is 5.82 Å². The summed E-state index contributed by atoms with van der Waals surface area (Å²) in [6.45, 7) is 8.93. The summed E-state index contributed by atoms with van der Waals surface area (Å²) in [6.07, 6.45) is 3.29. The number of carbonyl (C=O) groups is 1. The lowest BCUT2D eigenvalue weighted by atomic mass is 10.1. The summed E-state index contributed by atoms with van der Waals surface area (Å²) in [5, 5.41) is 13.1. The Labute approximate surface area is 167 Å². The van der Waals surface area contributed by atoms with Gasteiger partial charge in [-0.2, -0.15) is 0 Å². The average Bonchev–Trinajstić information content (AvgIpc) is 3.23. The molecule has 1 N–H and O–H groups in total. The van der Waals surface area contributed by atoms with Crippen molar-refractivity contribution in [2.24, 2.45) is 0 Å². The molecule has 8 nitrogen and oxygen atoms in total. The highest BCUT2D eigenvalue weighted by Gasteiger charge is 2.24. The van der Waals surface area contributed by atoms with Crippen LogP contribution in [-0.2, 0) is 17.7 Å². The van der Waals surface area contributed by atoms with Gasteiger partial charge in [-0.25, -0.2) is 14.8 Å². The highest BCUT2D eigenvalue weighted by molar-refractivity contribution is 7.20. The van der Waals surface area contributed by atoms with E-state index in [1.54, 1.807) is 6.92 Å². The number of nitrogens with zero attached hydrogens (tertiary/aromatic N) is 5. The van der Waals surface area contributed by atoms with Crippen LogP contribution < -0.4 is 5.32 Å². The summed E-state index contributed by atoms with van der Waals surface area (Å²) in [4.78, 5) is 22.8. The molecule has 0 bridgehead atoms. The maximum Gasteiger partial charge on any atom is 0.348 e. The number of carbonyl (C=O) groups excluding carboxylic acids is 1. The van der Waals surface area contributed by atoms with Crippen molar-refractivity contribution in [3.8, 4) is 0 Å². The first kappa shape index (κ1) is 18.8. The number of rotatable bonds is 5. The molecule has 1 aliphatic rings. The maximum atomic E-state index is 12.3. The van der Waals surface area contributed by atoms with Crippen molar-refractivity contribution >= 4 is 33.3 Å². The molecule has 0 spiro atoms. The van der Waals surface area contributed by atoms with Crippen LogP contribution in [0.25, 0.3) is 10.2 Å². The van der Waals surface area contributed by atoms with Crippen molar-refractivity contribution in [3.05, 3.63) is 27.9 Å². The first-order chi connectivity index (χ1) is 13.5. The molecule has 4 heterocycles. The van der Waals surface area contributed by atoms with E-state index in [1.807, 2.05) is 13.8 Å². The fourth-order valence-electron chi connectivity index (χ4n) is 3.66. The second-order valence-corrected chi connectivity index (χ2v) is 8.02. The monoisotopic (exact) mass is 400 g/mol. The number of aryl methyl sites for hydroxylation is 3. The van der Waals surface area contributed by atoms with E-state index in [1.165, 1.54) is 11.3 Å². The van der Waals surface area contributed by atoms with E-state index in [-0.39, 0.29) is 12.0 Å². The van der Waals surface area contributed by atoms with Crippen LogP contribution >= 0.6 is 11.3 Å². The van der Waals surface area contributed by atoms with Crippen LogP contribution in [0.15, 0.2) is 0 Å². The molecular weight excluding hydrogens is 376 g/mol. The molecule has 1 aliphatic heterocycles. The van der Waals surface area contributed by atoms with E-state index in [0.29, 0.717) is 23.1 Å². The zero-order chi connectivity index (χ0) is 19.8. The Bertz CT molecular complexity index is 1040. The summed E-state index contributed by atoms with van der Waals surface area (Å²) in [7, 11) is 0. The van der Waals surface area contributed by atoms with Crippen molar-refractivity contribution in [3.63, 3.8) is 0 Å². The van der Waals surface area contributed by atoms with Gasteiger partial charge in [0.25, 0.3) is 0 Å². The summed E-state index contributed by atoms with van der Waals surface area (Å²) in [5.74, 6) is 3.02. The lowest BCUT2D eigenvalue weighted by Crippen LogP contribution is -2.18. The largest absolute Gasteiger partial charge is 0.462 e. The van der Waals surface area contributed by atoms with E-state index >= 15 is 0 Å². The third-order valence-corrected chi connectivity index (χ3v) is 6.16. The van der Waals surface area contributed by atoms with Crippen LogP contribution in [0.3, 0.4) is 0 Å². The smallest absolute Gasteiger partial charge is 0.348 e. The van der Waals surface area contributed by atoms with E-state index in [0.717, 1.165) is 53.2 Å². The predicted octanol–water partition coefficient (Wildman–Crippen LogP) is 3.59. The molecule has 0 amide bonds. The number of anilines is 1. The Balaban J connectivity index is 1.72. The van der Waals surface area contributed by atoms with Gasteiger partial charge in [0.05, 0.1) is 18.0 Å². The van der Waals surface area contributed by atoms with Gasteiger partial charge in [-0.05, 0) is 46.1 Å². The lowest BCUT2D eigenvalue weighted by Gasteiger charge is -2.19. The number of hydrogen-bond donors (Lipinski definition) is 1. The molecule has 0 fully saturated rings. The molecule has 0 aromatic carbocycles. The van der Waals surface area contributed by atoms with E-state index in [9.17, 15) is 4.79 Å². The number of ether oxygens (including phenoxy) is 1. The van der Waals surface area contributed by atoms with Crippen LogP contribution in [-0.4, -0.2) is 37.3 Å². The topological polar surface area (TPSA) is 94.8 Å². The van der Waals surface area contributed by atoms with Crippen molar-refractivity contribution < 1.29 is 9.53 Å². The molecule has 1 unspecified atom stereocenters. The standard InChI is InChI=1S/C19H24N6O2S/c1-5-27-19(26)15-10(2)14-16(21-12(4)22-18(14)28-15)20-11(3)17-24-23-13-8-6-7-9-25(13)17/h11H,5-9H2,1-4H3,(H,20,21,22). The first-order valence-corrected chi connectivity index (χ1v) is 10.4. The predicted molar refractivity (Wildman–Crippen MR) is 108 cm³/mol. The Morgan fingerprint density at radius 1 is 1.29 bits per heavy atom. The molecule has 9 heteroatoms. The van der Waals surface area contributed by atoms with Crippen LogP contribution in [0.5, 0.6) is 0 Å². The SMILES string of the molecule is CCOC(=O)c1sc2nc(C)nc(NC(C)c3nnc4n3CCCC4)c2c1C. The number of thiophene rings is 1. The van der Waals surface area contributed by atoms with Gasteiger partial charge in [0.1, 0.15) is 27.2 Å². The second kappa shape index (κ2) is 7.46. The van der Waals surface area contributed by atoms with Gasteiger partial charge < -0.3 is 14.6 Å². The minimum absolute atomic E-state index is 0.0674. The Morgan fingerprint density at radius 2 is 2.11 bits per heavy atom. The number of hydrogen-bond acceptors (Lipinski definition) is 8. The van der Waals surface area contributed by atoms with Crippen molar-refractivity contribution in [1.82, 2.24) is 24.7 Å². The Kier molecular flexibility index (Phi) is 5.01. The van der Waals surface area contributed by atoms with E-state index < -0.39 is 0 Å². The van der Waals surface area contributed by atoms with E-state index in [2.05, 4.69) is 37.0 Å². The van der Waals surface area contributed by atoms with E-state index in [4.69, 9.17) is 4.74 Å². The Morgan fingerprint density at radius 3 is 2.89 bits per heavy atom. The third kappa shape index (κ3) is 3.23. The molecule has 148 valence electrons. The number of nitrogens with one attached hydrogen (secondary N) is 1. The highest BCUT2D eigenvalue weighted by Crippen LogP contribution is 2.35. The fraction of sp³-hybridized carbons (Fsp3) is 0.526. The van der Waals surface area contributed by atoms with Crippen LogP contribution in [0, 0.1) is 13.8 Å². The van der Waals surface area contributed by atoms with Gasteiger partial charge >= 0.3 is 5.97 Å². The zero-order valence-electron chi connectivity index (χ0n) is 16.6. The maximum absolute atomic E-state index is 12.3. The zero-order valence-corrected chi connectivity index (χ0v) is 17.4. The minimum atomic E-state index is -0.314. The average molecular weight is 401 g/mol. The molecule has 28 heavy (non-hydrogen) atoms. The fourth-order valence-corrected chi connectivity index (χ4v) is 4.78. The number of fused-ring (bicyclic) bond motifs is 2. The first-order valence-electron chi connectivity index (χ1n) is 9.63. The van der Waals surface area contributed by atoms with Crippen LogP contribution in [0.2, 0.25) is 0 Å². The van der Waals surface area contributed by atoms with Crippen molar-refractivity contribution in [2.45, 2.75) is 59.5 Å². The normalized spacial score (nSPS) is 14.7. The number of aromatic nitrogens is 5. The summed E-state index contributed by atoms with van der Waals surface area (Å²) >= 11 is 1.35. The lowest BCUT2D eigenvalue weighted by molar-refractivity contribution is 0.0531. The van der Waals surface area contributed by atoms with Gasteiger partial charge in [-0.1, -0.05) is 0 Å². The summed E-state index contributed by atoms with van der Waals surface area (Å²) < 4.78 is 7.40. The molecule has 3 aromatic rings. The quantitative estimate of drug-likeness (QED) is 0.654. The van der Waals surface area contributed by atoms with Gasteiger partial charge in [-0.3, -0.25) is 0 Å². The van der Waals surface area contributed by atoms with Gasteiger partial charge in [-0.15, -0.1) is 21.5 Å². The van der Waals surface area contributed by atoms with Crippen LogP contribution in [0.4, 0.5) is 5.82 Å². The highest BCUT2D eigenvalue weighted by atomic mass is 32.1. The van der Waals surface area contributed by atoms with Gasteiger partial charge in [0.2, 0.25) is 0 Å². The molecule has 0 aliphatic carbocycles. The molecule has 0 saturated heterocycles. The van der Waals surface area contributed by atoms with Crippen LogP contribution in [0.1, 0.15) is 65.4 Å². The summed E-state index contributed by atoms with van der Waals surface area (Å²) in [5.41, 5.74) is 0.844. The molecule has 0 radical (unpaired) electrons. The van der Waals surface area contributed by atoms with Crippen molar-refractivity contribution in [2.75, 3.05) is 11.9 Å². The number of esters is 1. The summed E-state index contributed by atoms with van der Waals surface area (Å²) in [6, 6.07) is -0.0674. The molecule has 0 saturated carbocycles. The third-order valence-electron chi connectivity index (χ3n) is 4.99. The molecule has 4 rings (SSSR count). The minimum Gasteiger partial charge on any atom is -0.462 e. The van der Waals surface area contributed by atoms with Gasteiger partial charge in [0, 0.05) is 13.0 Å². The van der Waals surface area contributed by atoms with Crippen molar-refractivity contribution in [1.29, 1.82) is 0 Å². The molecule has 1 atom stereocenters. The second-order valence-electron chi connectivity index (χ2n) is 7.03. The molecule has 3 aromatic heterocycles. The Hall–Kier alpha value is -2.55.